The van der Waals surface area contributed by atoms with Gasteiger partial charge in [0.25, 0.3) is 0 Å². The van der Waals surface area contributed by atoms with Crippen molar-refractivity contribution in [3.8, 4) is 0 Å². The molecule has 1 saturated heterocycles. The zero-order valence-electron chi connectivity index (χ0n) is 9.38. The lowest BCUT2D eigenvalue weighted by Crippen LogP contribution is -2.43. The van der Waals surface area contributed by atoms with Gasteiger partial charge >= 0.3 is 6.03 Å². The molecule has 0 unspecified atom stereocenters. The molecule has 0 bridgehead atoms. The van der Waals surface area contributed by atoms with E-state index in [0.29, 0.717) is 42.0 Å². The number of carbonyl (C=O) groups excluding carboxylic acids is 1. The summed E-state index contributed by atoms with van der Waals surface area (Å²) in [7, 11) is 0. The molecular formula is C11H11BrCl2N2O2. The molecule has 2 rings (SSSR count). The molecule has 1 aromatic rings. The molecule has 1 aliphatic rings. The zero-order chi connectivity index (χ0) is 13.1. The van der Waals surface area contributed by atoms with Crippen LogP contribution in [-0.4, -0.2) is 37.2 Å². The van der Waals surface area contributed by atoms with Gasteiger partial charge in [-0.05, 0) is 12.1 Å². The largest absolute Gasteiger partial charge is 0.378 e. The monoisotopic (exact) mass is 352 g/mol. The number of nitrogens with one attached hydrogen (secondary N) is 1. The van der Waals surface area contributed by atoms with Gasteiger partial charge < -0.3 is 15.0 Å². The molecule has 1 heterocycles. The zero-order valence-corrected chi connectivity index (χ0v) is 12.5. The van der Waals surface area contributed by atoms with Crippen LogP contribution in [0.4, 0.5) is 10.5 Å². The second-order valence-corrected chi connectivity index (χ2v) is 5.50. The first kappa shape index (κ1) is 13.9. The van der Waals surface area contributed by atoms with Gasteiger partial charge in [-0.3, -0.25) is 0 Å². The second kappa shape index (κ2) is 6.10. The Labute approximate surface area is 123 Å². The average molecular weight is 354 g/mol. The van der Waals surface area contributed by atoms with Crippen LogP contribution in [0.5, 0.6) is 0 Å². The van der Waals surface area contributed by atoms with E-state index < -0.39 is 0 Å². The molecule has 1 aromatic carbocycles. The predicted molar refractivity (Wildman–Crippen MR) is 75.6 cm³/mol. The van der Waals surface area contributed by atoms with Gasteiger partial charge in [0.15, 0.2) is 0 Å². The number of carbonyl (C=O) groups is 1. The maximum Gasteiger partial charge on any atom is 0.322 e. The summed E-state index contributed by atoms with van der Waals surface area (Å²) in [5.41, 5.74) is 0.429. The molecule has 2 amide bonds. The molecule has 98 valence electrons. The fraction of sp³-hybridized carbons (Fsp3) is 0.364. The van der Waals surface area contributed by atoms with Gasteiger partial charge in [-0.15, -0.1) is 0 Å². The van der Waals surface area contributed by atoms with Crippen molar-refractivity contribution in [2.24, 2.45) is 0 Å². The Hall–Kier alpha value is -0.490. The molecule has 0 atom stereocenters. The number of hydrogen-bond donors (Lipinski definition) is 1. The lowest BCUT2D eigenvalue weighted by Gasteiger charge is -2.27. The van der Waals surface area contributed by atoms with E-state index in [1.807, 2.05) is 0 Å². The van der Waals surface area contributed by atoms with Gasteiger partial charge in [0, 0.05) is 17.6 Å². The van der Waals surface area contributed by atoms with E-state index in [1.165, 1.54) is 0 Å². The van der Waals surface area contributed by atoms with E-state index in [0.717, 1.165) is 4.47 Å². The molecule has 0 spiro atoms. The first-order valence-electron chi connectivity index (χ1n) is 5.36. The normalized spacial score (nSPS) is 15.6. The number of rotatable bonds is 1. The topological polar surface area (TPSA) is 41.6 Å². The summed E-state index contributed by atoms with van der Waals surface area (Å²) < 4.78 is 5.95. The average Bonchev–Trinajstić information content (AvgIpc) is 2.34. The molecule has 0 aliphatic carbocycles. The molecule has 1 aliphatic heterocycles. The fourth-order valence-corrected chi connectivity index (χ4v) is 2.92. The lowest BCUT2D eigenvalue weighted by atomic mass is 10.3. The molecule has 0 radical (unpaired) electrons. The molecule has 18 heavy (non-hydrogen) atoms. The van der Waals surface area contributed by atoms with Crippen LogP contribution in [0.2, 0.25) is 10.0 Å². The molecule has 1 N–H and O–H groups in total. The number of benzene rings is 1. The van der Waals surface area contributed by atoms with Gasteiger partial charge in [-0.1, -0.05) is 39.1 Å². The van der Waals surface area contributed by atoms with E-state index in [9.17, 15) is 4.79 Å². The molecule has 1 fully saturated rings. The van der Waals surface area contributed by atoms with Gasteiger partial charge in [0.05, 0.1) is 28.9 Å². The van der Waals surface area contributed by atoms with Crippen molar-refractivity contribution in [1.82, 2.24) is 4.90 Å². The summed E-state index contributed by atoms with van der Waals surface area (Å²) in [4.78, 5) is 13.7. The third-order valence-corrected chi connectivity index (χ3v) is 3.59. The van der Waals surface area contributed by atoms with Gasteiger partial charge in [0.1, 0.15) is 0 Å². The lowest BCUT2D eigenvalue weighted by molar-refractivity contribution is 0.0564. The Balaban J connectivity index is 2.11. The van der Waals surface area contributed by atoms with Crippen molar-refractivity contribution >= 4 is 50.9 Å². The first-order valence-corrected chi connectivity index (χ1v) is 6.91. The van der Waals surface area contributed by atoms with Crippen molar-refractivity contribution in [3.05, 3.63) is 26.7 Å². The molecule has 0 saturated carbocycles. The van der Waals surface area contributed by atoms with Crippen LogP contribution in [0.25, 0.3) is 0 Å². The highest BCUT2D eigenvalue weighted by molar-refractivity contribution is 9.10. The number of urea groups is 1. The van der Waals surface area contributed by atoms with Crippen LogP contribution in [0.1, 0.15) is 0 Å². The number of morpholine rings is 1. The smallest absolute Gasteiger partial charge is 0.322 e. The summed E-state index contributed by atoms with van der Waals surface area (Å²) >= 11 is 15.4. The van der Waals surface area contributed by atoms with E-state index in [-0.39, 0.29) is 6.03 Å². The number of ether oxygens (including phenoxy) is 1. The maximum atomic E-state index is 12.0. The minimum Gasteiger partial charge on any atom is -0.378 e. The summed E-state index contributed by atoms with van der Waals surface area (Å²) in [6.07, 6.45) is 0. The van der Waals surface area contributed by atoms with Crippen LogP contribution in [0.3, 0.4) is 0 Å². The molecule has 4 nitrogen and oxygen atoms in total. The van der Waals surface area contributed by atoms with Crippen LogP contribution in [-0.2, 0) is 4.74 Å². The maximum absolute atomic E-state index is 12.0. The number of hydrogen-bond acceptors (Lipinski definition) is 2. The first-order chi connectivity index (χ1) is 8.58. The quantitative estimate of drug-likeness (QED) is 0.837. The summed E-state index contributed by atoms with van der Waals surface area (Å²) in [5.74, 6) is 0. The van der Waals surface area contributed by atoms with Crippen molar-refractivity contribution in [3.63, 3.8) is 0 Å². The van der Waals surface area contributed by atoms with E-state index in [2.05, 4.69) is 21.2 Å². The van der Waals surface area contributed by atoms with Crippen molar-refractivity contribution in [1.29, 1.82) is 0 Å². The Morgan fingerprint density at radius 1 is 1.28 bits per heavy atom. The van der Waals surface area contributed by atoms with E-state index in [1.54, 1.807) is 17.0 Å². The SMILES string of the molecule is O=C(Nc1c(Cl)cc(Br)cc1Cl)N1CCOCC1. The number of halogens is 3. The second-order valence-electron chi connectivity index (χ2n) is 3.77. The molecular weight excluding hydrogens is 343 g/mol. The standard InChI is InChI=1S/C11H11BrCl2N2O2/c12-7-5-8(13)10(9(14)6-7)15-11(17)16-1-3-18-4-2-16/h5-6H,1-4H2,(H,15,17). The summed E-state index contributed by atoms with van der Waals surface area (Å²) in [6, 6.07) is 3.15. The van der Waals surface area contributed by atoms with Crippen LogP contribution in [0, 0.1) is 0 Å². The van der Waals surface area contributed by atoms with Crippen molar-refractivity contribution in [2.45, 2.75) is 0 Å². The number of amides is 2. The highest BCUT2D eigenvalue weighted by atomic mass is 79.9. The Morgan fingerprint density at radius 3 is 2.39 bits per heavy atom. The van der Waals surface area contributed by atoms with Crippen LogP contribution < -0.4 is 5.32 Å². The van der Waals surface area contributed by atoms with Gasteiger partial charge in [-0.2, -0.15) is 0 Å². The summed E-state index contributed by atoms with van der Waals surface area (Å²) in [6.45, 7) is 2.24. The van der Waals surface area contributed by atoms with Crippen molar-refractivity contribution < 1.29 is 9.53 Å². The fourth-order valence-electron chi connectivity index (χ4n) is 1.61. The van der Waals surface area contributed by atoms with Gasteiger partial charge in [-0.25, -0.2) is 4.79 Å². The van der Waals surface area contributed by atoms with Gasteiger partial charge in [0.2, 0.25) is 0 Å². The third kappa shape index (κ3) is 3.29. The van der Waals surface area contributed by atoms with E-state index >= 15 is 0 Å². The third-order valence-electron chi connectivity index (χ3n) is 2.54. The van der Waals surface area contributed by atoms with Crippen LogP contribution in [0.15, 0.2) is 16.6 Å². The molecule has 7 heteroatoms. The predicted octanol–water partition coefficient (Wildman–Crippen LogP) is 3.62. The highest BCUT2D eigenvalue weighted by Gasteiger charge is 2.19. The molecule has 0 aromatic heterocycles. The van der Waals surface area contributed by atoms with Crippen LogP contribution >= 0.6 is 39.1 Å². The highest BCUT2D eigenvalue weighted by Crippen LogP contribution is 2.33. The van der Waals surface area contributed by atoms with E-state index in [4.69, 9.17) is 27.9 Å². The summed E-state index contributed by atoms with van der Waals surface area (Å²) in [5, 5.41) is 3.52. The Morgan fingerprint density at radius 2 is 1.83 bits per heavy atom. The Kier molecular flexibility index (Phi) is 4.72. The number of nitrogens with zero attached hydrogens (tertiary/aromatic N) is 1. The minimum atomic E-state index is -0.218. The number of anilines is 1. The Bertz CT molecular complexity index is 441. The van der Waals surface area contributed by atoms with Crippen molar-refractivity contribution in [2.75, 3.05) is 31.6 Å². The minimum absolute atomic E-state index is 0.218.